The number of hydrogen-bond donors (Lipinski definition) is 1. The van der Waals surface area contributed by atoms with Gasteiger partial charge in [-0.1, -0.05) is 38.1 Å². The average Bonchev–Trinajstić information content (AvgIpc) is 2.84. The van der Waals surface area contributed by atoms with Crippen LogP contribution in [0.2, 0.25) is 0 Å². The van der Waals surface area contributed by atoms with Gasteiger partial charge in [0.1, 0.15) is 5.69 Å². The van der Waals surface area contributed by atoms with Crippen LogP contribution in [0.15, 0.2) is 30.6 Å². The zero-order valence-electron chi connectivity index (χ0n) is 12.1. The van der Waals surface area contributed by atoms with Crippen LogP contribution in [0.3, 0.4) is 0 Å². The molecule has 0 saturated heterocycles. The van der Waals surface area contributed by atoms with Crippen LogP contribution in [-0.4, -0.2) is 15.3 Å². The minimum atomic E-state index is -0.0415. The Morgan fingerprint density at radius 1 is 1.40 bits per heavy atom. The van der Waals surface area contributed by atoms with Crippen LogP contribution in [0.5, 0.6) is 0 Å². The lowest BCUT2D eigenvalue weighted by Crippen LogP contribution is -2.26. The van der Waals surface area contributed by atoms with Crippen molar-refractivity contribution in [3.8, 4) is 0 Å². The maximum atomic E-state index is 11.9. The van der Waals surface area contributed by atoms with Crippen LogP contribution in [0.25, 0.3) is 0 Å². The van der Waals surface area contributed by atoms with Crippen molar-refractivity contribution in [2.75, 3.05) is 5.73 Å². The van der Waals surface area contributed by atoms with Crippen molar-refractivity contribution in [1.29, 1.82) is 0 Å². The number of fused-ring (bicyclic) bond motifs is 1. The lowest BCUT2D eigenvalue weighted by molar-refractivity contribution is 0.100. The highest BCUT2D eigenvalue weighted by atomic mass is 16.1. The fourth-order valence-electron chi connectivity index (χ4n) is 3.43. The van der Waals surface area contributed by atoms with Crippen molar-refractivity contribution in [3.05, 3.63) is 47.4 Å². The summed E-state index contributed by atoms with van der Waals surface area (Å²) < 4.78 is 1.95. The first kappa shape index (κ1) is 12.9. The van der Waals surface area contributed by atoms with E-state index in [0.29, 0.717) is 11.5 Å². The molecule has 0 bridgehead atoms. The van der Waals surface area contributed by atoms with E-state index in [0.717, 1.165) is 6.42 Å². The predicted octanol–water partition coefficient (Wildman–Crippen LogP) is 2.84. The van der Waals surface area contributed by atoms with Gasteiger partial charge in [0, 0.05) is 6.92 Å². The summed E-state index contributed by atoms with van der Waals surface area (Å²) in [7, 11) is 0. The summed E-state index contributed by atoms with van der Waals surface area (Å²) in [6, 6.07) is 8.49. The number of nitrogens with zero attached hydrogens (tertiary/aromatic N) is 2. The van der Waals surface area contributed by atoms with Gasteiger partial charge in [0.05, 0.1) is 12.4 Å². The number of Topliss-reactive ketones (excluding diaryl/α,β-unsaturated/α-hetero) is 1. The molecule has 0 saturated carbocycles. The van der Waals surface area contributed by atoms with Crippen LogP contribution in [0, 0.1) is 5.41 Å². The van der Waals surface area contributed by atoms with Crippen molar-refractivity contribution in [3.63, 3.8) is 0 Å². The normalized spacial score (nSPS) is 19.9. The molecular weight excluding hydrogens is 250 g/mol. The summed E-state index contributed by atoms with van der Waals surface area (Å²) in [5, 5.41) is 0. The molecule has 1 aromatic carbocycles. The number of hydrogen-bond acceptors (Lipinski definition) is 3. The summed E-state index contributed by atoms with van der Waals surface area (Å²) in [4.78, 5) is 16.0. The van der Waals surface area contributed by atoms with E-state index in [1.807, 2.05) is 10.6 Å². The SMILES string of the molecule is CC(=O)c1c(N)ncn1C1c2ccccc2CC1(C)C. The van der Waals surface area contributed by atoms with Crippen LogP contribution < -0.4 is 5.73 Å². The smallest absolute Gasteiger partial charge is 0.180 e. The lowest BCUT2D eigenvalue weighted by atomic mass is 9.85. The van der Waals surface area contributed by atoms with Gasteiger partial charge in [-0.25, -0.2) is 4.98 Å². The van der Waals surface area contributed by atoms with Crippen LogP contribution in [-0.2, 0) is 6.42 Å². The Bertz CT molecular complexity index is 685. The molecule has 104 valence electrons. The number of benzene rings is 1. The van der Waals surface area contributed by atoms with E-state index in [1.54, 1.807) is 6.33 Å². The molecule has 1 unspecified atom stereocenters. The Kier molecular flexibility index (Phi) is 2.71. The second kappa shape index (κ2) is 4.20. The van der Waals surface area contributed by atoms with E-state index >= 15 is 0 Å². The first-order chi connectivity index (χ1) is 9.42. The predicted molar refractivity (Wildman–Crippen MR) is 78.7 cm³/mol. The molecule has 20 heavy (non-hydrogen) atoms. The number of ketones is 1. The van der Waals surface area contributed by atoms with Crippen molar-refractivity contribution in [2.24, 2.45) is 5.41 Å². The molecule has 3 rings (SSSR count). The Balaban J connectivity index is 2.21. The van der Waals surface area contributed by atoms with E-state index in [4.69, 9.17) is 5.73 Å². The molecule has 0 radical (unpaired) electrons. The van der Waals surface area contributed by atoms with Gasteiger partial charge in [-0.15, -0.1) is 0 Å². The number of imidazole rings is 1. The molecule has 0 aliphatic heterocycles. The topological polar surface area (TPSA) is 60.9 Å². The number of anilines is 1. The molecule has 1 heterocycles. The fraction of sp³-hybridized carbons (Fsp3) is 0.375. The van der Waals surface area contributed by atoms with Gasteiger partial charge in [0.2, 0.25) is 0 Å². The lowest BCUT2D eigenvalue weighted by Gasteiger charge is -2.29. The summed E-state index contributed by atoms with van der Waals surface area (Å²) in [5.74, 6) is 0.276. The molecule has 0 fully saturated rings. The van der Waals surface area contributed by atoms with Crippen LogP contribution >= 0.6 is 0 Å². The quantitative estimate of drug-likeness (QED) is 0.853. The molecule has 1 aromatic heterocycles. The number of rotatable bonds is 2. The largest absolute Gasteiger partial charge is 0.382 e. The Morgan fingerprint density at radius 3 is 2.80 bits per heavy atom. The van der Waals surface area contributed by atoms with Crippen molar-refractivity contribution in [1.82, 2.24) is 9.55 Å². The van der Waals surface area contributed by atoms with Gasteiger partial charge in [0.15, 0.2) is 11.6 Å². The average molecular weight is 269 g/mol. The van der Waals surface area contributed by atoms with Crippen molar-refractivity contribution < 1.29 is 4.79 Å². The van der Waals surface area contributed by atoms with Gasteiger partial charge in [0.25, 0.3) is 0 Å². The van der Waals surface area contributed by atoms with E-state index in [1.165, 1.54) is 18.1 Å². The fourth-order valence-corrected chi connectivity index (χ4v) is 3.43. The molecule has 0 amide bonds. The molecule has 2 aromatic rings. The molecule has 0 spiro atoms. The third kappa shape index (κ3) is 1.75. The first-order valence-corrected chi connectivity index (χ1v) is 6.83. The summed E-state index contributed by atoms with van der Waals surface area (Å²) in [6.45, 7) is 5.98. The molecule has 2 N–H and O–H groups in total. The monoisotopic (exact) mass is 269 g/mol. The van der Waals surface area contributed by atoms with E-state index in [9.17, 15) is 4.79 Å². The second-order valence-electron chi connectivity index (χ2n) is 6.21. The summed E-state index contributed by atoms with van der Waals surface area (Å²) >= 11 is 0. The second-order valence-corrected chi connectivity index (χ2v) is 6.21. The maximum absolute atomic E-state index is 11.9. The van der Waals surface area contributed by atoms with Gasteiger partial charge in [-0.2, -0.15) is 0 Å². The van der Waals surface area contributed by atoms with E-state index < -0.39 is 0 Å². The molecule has 1 aliphatic rings. The maximum Gasteiger partial charge on any atom is 0.180 e. The highest BCUT2D eigenvalue weighted by Crippen LogP contribution is 2.48. The van der Waals surface area contributed by atoms with Gasteiger partial charge in [-0.05, 0) is 23.0 Å². The summed E-state index contributed by atoms with van der Waals surface area (Å²) in [5.41, 5.74) is 9.01. The Morgan fingerprint density at radius 2 is 2.10 bits per heavy atom. The number of nitrogen functional groups attached to an aromatic ring is 1. The van der Waals surface area contributed by atoms with E-state index in [2.05, 4.69) is 37.0 Å². The van der Waals surface area contributed by atoms with Gasteiger partial charge >= 0.3 is 0 Å². The first-order valence-electron chi connectivity index (χ1n) is 6.83. The third-order valence-electron chi connectivity index (χ3n) is 4.17. The van der Waals surface area contributed by atoms with Crippen molar-refractivity contribution in [2.45, 2.75) is 33.2 Å². The van der Waals surface area contributed by atoms with Crippen molar-refractivity contribution >= 4 is 11.6 Å². The Labute approximate surface area is 118 Å². The molecule has 4 nitrogen and oxygen atoms in total. The summed E-state index contributed by atoms with van der Waals surface area (Å²) in [6.07, 6.45) is 2.68. The highest BCUT2D eigenvalue weighted by molar-refractivity contribution is 5.96. The van der Waals surface area contributed by atoms with Crippen LogP contribution in [0.1, 0.15) is 48.4 Å². The standard InChI is InChI=1S/C16H19N3O/c1-10(20)13-15(17)18-9-19(13)14-12-7-5-4-6-11(12)8-16(14,2)3/h4-7,9,14H,8,17H2,1-3H3. The van der Waals surface area contributed by atoms with Gasteiger partial charge in [-0.3, -0.25) is 4.79 Å². The molecule has 4 heteroatoms. The number of carbonyl (C=O) groups excluding carboxylic acids is 1. The zero-order chi connectivity index (χ0) is 14.5. The van der Waals surface area contributed by atoms with Crippen LogP contribution in [0.4, 0.5) is 5.82 Å². The van der Waals surface area contributed by atoms with Gasteiger partial charge < -0.3 is 10.3 Å². The molecule has 1 aliphatic carbocycles. The minimum Gasteiger partial charge on any atom is -0.382 e. The number of nitrogens with two attached hydrogens (primary N) is 1. The number of aromatic nitrogens is 2. The highest BCUT2D eigenvalue weighted by Gasteiger charge is 2.41. The molecule has 1 atom stereocenters. The molecular formula is C16H19N3O. The number of carbonyl (C=O) groups is 1. The third-order valence-corrected chi connectivity index (χ3v) is 4.17. The zero-order valence-corrected chi connectivity index (χ0v) is 12.1. The minimum absolute atomic E-state index is 0.0288. The Hall–Kier alpha value is -2.10. The van der Waals surface area contributed by atoms with E-state index in [-0.39, 0.29) is 17.2 Å².